The maximum absolute atomic E-state index is 10.2. The molecule has 0 aromatic heterocycles. The molecule has 0 radical (unpaired) electrons. The predicted molar refractivity (Wildman–Crippen MR) is 51.2 cm³/mol. The standard InChI is InChI=1S/C7H5NO3.C2H6O/c9-5-6-3-1-2-4-7(6)8(10)11;1-2-3/h1-5H;3H,2H2,1H3. The van der Waals surface area contributed by atoms with Crippen molar-refractivity contribution in [3.63, 3.8) is 0 Å². The molecule has 0 aliphatic rings. The Morgan fingerprint density at radius 3 is 2.36 bits per heavy atom. The van der Waals surface area contributed by atoms with Gasteiger partial charge in [-0.15, -0.1) is 0 Å². The van der Waals surface area contributed by atoms with Gasteiger partial charge in [0, 0.05) is 12.7 Å². The van der Waals surface area contributed by atoms with E-state index in [4.69, 9.17) is 5.11 Å². The molecule has 1 aromatic carbocycles. The van der Waals surface area contributed by atoms with Crippen molar-refractivity contribution in [1.82, 2.24) is 0 Å². The number of benzene rings is 1. The largest absolute Gasteiger partial charge is 0.397 e. The first-order valence-electron chi connectivity index (χ1n) is 3.96. The highest BCUT2D eigenvalue weighted by Gasteiger charge is 2.09. The second-order valence-corrected chi connectivity index (χ2v) is 2.25. The van der Waals surface area contributed by atoms with Crippen molar-refractivity contribution in [2.75, 3.05) is 6.61 Å². The third-order valence-electron chi connectivity index (χ3n) is 1.26. The predicted octanol–water partition coefficient (Wildman–Crippen LogP) is 1.41. The minimum atomic E-state index is -0.580. The number of carbonyl (C=O) groups excluding carboxylic acids is 1. The Kier molecular flexibility index (Phi) is 5.89. The lowest BCUT2D eigenvalue weighted by Gasteiger charge is -1.91. The number of nitro groups is 1. The lowest BCUT2D eigenvalue weighted by atomic mass is 10.2. The van der Waals surface area contributed by atoms with Gasteiger partial charge in [-0.1, -0.05) is 12.1 Å². The quantitative estimate of drug-likeness (QED) is 0.441. The highest BCUT2D eigenvalue weighted by Crippen LogP contribution is 2.14. The molecule has 0 saturated heterocycles. The number of aldehydes is 1. The van der Waals surface area contributed by atoms with Crippen LogP contribution in [0.15, 0.2) is 24.3 Å². The number of nitro benzene ring substituents is 1. The molecule has 1 aromatic rings. The maximum atomic E-state index is 10.2. The molecule has 0 spiro atoms. The number of nitrogens with zero attached hydrogens (tertiary/aromatic N) is 1. The van der Waals surface area contributed by atoms with Crippen molar-refractivity contribution in [3.8, 4) is 0 Å². The van der Waals surface area contributed by atoms with E-state index in [0.29, 0.717) is 6.29 Å². The molecule has 1 rings (SSSR count). The third-order valence-corrected chi connectivity index (χ3v) is 1.26. The summed E-state index contributed by atoms with van der Waals surface area (Å²) in [6, 6.07) is 5.80. The van der Waals surface area contributed by atoms with Gasteiger partial charge in [0.15, 0.2) is 6.29 Å². The van der Waals surface area contributed by atoms with Crippen LogP contribution in [0.1, 0.15) is 17.3 Å². The number of para-hydroxylation sites is 1. The van der Waals surface area contributed by atoms with E-state index in [0.717, 1.165) is 0 Å². The second-order valence-electron chi connectivity index (χ2n) is 2.25. The van der Waals surface area contributed by atoms with Crippen LogP contribution in [0.5, 0.6) is 0 Å². The van der Waals surface area contributed by atoms with E-state index in [9.17, 15) is 14.9 Å². The molecule has 0 heterocycles. The molecule has 76 valence electrons. The average Bonchev–Trinajstić information content (AvgIpc) is 2.19. The second kappa shape index (κ2) is 6.73. The van der Waals surface area contributed by atoms with Crippen LogP contribution >= 0.6 is 0 Å². The topological polar surface area (TPSA) is 80.4 Å². The Balaban J connectivity index is 0.000000500. The summed E-state index contributed by atoms with van der Waals surface area (Å²) in [5.41, 5.74) is -0.0417. The van der Waals surface area contributed by atoms with Crippen LogP contribution in [0.25, 0.3) is 0 Å². The van der Waals surface area contributed by atoms with E-state index in [1.807, 2.05) is 0 Å². The number of aliphatic hydroxyl groups is 1. The van der Waals surface area contributed by atoms with Gasteiger partial charge in [-0.2, -0.15) is 0 Å². The Bertz CT molecular complexity index is 311. The van der Waals surface area contributed by atoms with Crippen LogP contribution in [-0.2, 0) is 0 Å². The van der Waals surface area contributed by atoms with Gasteiger partial charge in [0.25, 0.3) is 5.69 Å². The van der Waals surface area contributed by atoms with Crippen LogP contribution in [0.2, 0.25) is 0 Å². The van der Waals surface area contributed by atoms with Gasteiger partial charge in [-0.25, -0.2) is 0 Å². The summed E-state index contributed by atoms with van der Waals surface area (Å²) < 4.78 is 0. The Hall–Kier alpha value is -1.75. The van der Waals surface area contributed by atoms with Gasteiger partial charge in [0.2, 0.25) is 0 Å². The fraction of sp³-hybridized carbons (Fsp3) is 0.222. The average molecular weight is 197 g/mol. The summed E-state index contributed by atoms with van der Waals surface area (Å²) in [6.07, 6.45) is 0.470. The first kappa shape index (κ1) is 12.2. The molecule has 0 saturated carbocycles. The van der Waals surface area contributed by atoms with E-state index < -0.39 is 4.92 Å². The molecule has 14 heavy (non-hydrogen) atoms. The summed E-state index contributed by atoms with van der Waals surface area (Å²) in [7, 11) is 0. The SMILES string of the molecule is CCO.O=Cc1ccccc1[N+](=O)[O-]. The summed E-state index contributed by atoms with van der Waals surface area (Å²) in [6.45, 7) is 1.93. The lowest BCUT2D eigenvalue weighted by molar-refractivity contribution is -0.385. The van der Waals surface area contributed by atoms with Crippen LogP contribution < -0.4 is 0 Å². The smallest absolute Gasteiger partial charge is 0.279 e. The Labute approximate surface area is 81.1 Å². The van der Waals surface area contributed by atoms with Crippen LogP contribution in [0.3, 0.4) is 0 Å². The molecule has 0 aliphatic heterocycles. The fourth-order valence-corrected chi connectivity index (χ4v) is 0.753. The molecule has 0 aliphatic carbocycles. The number of hydrogen-bond acceptors (Lipinski definition) is 4. The van der Waals surface area contributed by atoms with Crippen LogP contribution in [0.4, 0.5) is 5.69 Å². The number of aliphatic hydroxyl groups excluding tert-OH is 1. The monoisotopic (exact) mass is 197 g/mol. The summed E-state index contributed by atoms with van der Waals surface area (Å²) in [4.78, 5) is 19.9. The summed E-state index contributed by atoms with van der Waals surface area (Å²) in [5.74, 6) is 0. The number of rotatable bonds is 2. The van der Waals surface area contributed by atoms with Crippen molar-refractivity contribution < 1.29 is 14.8 Å². The van der Waals surface area contributed by atoms with Gasteiger partial charge < -0.3 is 5.11 Å². The molecule has 0 fully saturated rings. The van der Waals surface area contributed by atoms with Crippen molar-refractivity contribution in [2.45, 2.75) is 6.92 Å². The molecule has 0 amide bonds. The summed E-state index contributed by atoms with van der Waals surface area (Å²) >= 11 is 0. The van der Waals surface area contributed by atoms with Crippen LogP contribution in [0, 0.1) is 10.1 Å². The first-order chi connectivity index (χ1) is 6.67. The Morgan fingerprint density at radius 1 is 1.50 bits per heavy atom. The van der Waals surface area contributed by atoms with Crippen molar-refractivity contribution in [3.05, 3.63) is 39.9 Å². The maximum Gasteiger partial charge on any atom is 0.279 e. The zero-order valence-electron chi connectivity index (χ0n) is 7.71. The van der Waals surface area contributed by atoms with E-state index in [2.05, 4.69) is 0 Å². The van der Waals surface area contributed by atoms with E-state index >= 15 is 0 Å². The first-order valence-corrected chi connectivity index (χ1v) is 3.96. The van der Waals surface area contributed by atoms with Gasteiger partial charge >= 0.3 is 0 Å². The molecule has 5 nitrogen and oxygen atoms in total. The third kappa shape index (κ3) is 3.77. The van der Waals surface area contributed by atoms with E-state index in [1.54, 1.807) is 13.0 Å². The number of hydrogen-bond donors (Lipinski definition) is 1. The minimum absolute atomic E-state index is 0.109. The summed E-state index contributed by atoms with van der Waals surface area (Å²) in [5, 5.41) is 17.8. The molecule has 1 N–H and O–H groups in total. The highest BCUT2D eigenvalue weighted by molar-refractivity contribution is 5.81. The minimum Gasteiger partial charge on any atom is -0.397 e. The van der Waals surface area contributed by atoms with E-state index in [-0.39, 0.29) is 17.9 Å². The van der Waals surface area contributed by atoms with Crippen molar-refractivity contribution in [2.24, 2.45) is 0 Å². The zero-order chi connectivity index (χ0) is 11.0. The lowest BCUT2D eigenvalue weighted by Crippen LogP contribution is -1.92. The molecule has 5 heteroatoms. The van der Waals surface area contributed by atoms with Gasteiger partial charge in [-0.3, -0.25) is 14.9 Å². The zero-order valence-corrected chi connectivity index (χ0v) is 7.71. The molecule has 0 unspecified atom stereocenters. The van der Waals surface area contributed by atoms with Crippen molar-refractivity contribution >= 4 is 12.0 Å². The molecular formula is C9H11NO4. The fourth-order valence-electron chi connectivity index (χ4n) is 0.753. The normalized spacial score (nSPS) is 8.43. The van der Waals surface area contributed by atoms with Gasteiger partial charge in [0.1, 0.15) is 0 Å². The Morgan fingerprint density at radius 2 is 2.00 bits per heavy atom. The van der Waals surface area contributed by atoms with Crippen LogP contribution in [-0.4, -0.2) is 22.9 Å². The molecule has 0 atom stereocenters. The molecule has 0 bridgehead atoms. The van der Waals surface area contributed by atoms with Gasteiger partial charge in [0.05, 0.1) is 10.5 Å². The highest BCUT2D eigenvalue weighted by atomic mass is 16.6. The van der Waals surface area contributed by atoms with Gasteiger partial charge in [-0.05, 0) is 13.0 Å². The molecular weight excluding hydrogens is 186 g/mol. The van der Waals surface area contributed by atoms with E-state index in [1.165, 1.54) is 18.2 Å². The number of carbonyl (C=O) groups is 1. The van der Waals surface area contributed by atoms with Crippen molar-refractivity contribution in [1.29, 1.82) is 0 Å².